The van der Waals surface area contributed by atoms with Gasteiger partial charge in [0.1, 0.15) is 0 Å². The van der Waals surface area contributed by atoms with Crippen molar-refractivity contribution >= 4 is 5.69 Å². The van der Waals surface area contributed by atoms with Crippen molar-refractivity contribution in [2.45, 2.75) is 149 Å². The SMILES string of the molecule is CCCCCCCCCCCCNc1ccccc1-c1ccccc1CCCCCCCCCCCC. The summed E-state index contributed by atoms with van der Waals surface area (Å²) in [5, 5.41) is 3.77. The summed E-state index contributed by atoms with van der Waals surface area (Å²) in [7, 11) is 0. The predicted molar refractivity (Wildman–Crippen MR) is 168 cm³/mol. The average molecular weight is 506 g/mol. The Hall–Kier alpha value is -1.76. The molecule has 0 amide bonds. The summed E-state index contributed by atoms with van der Waals surface area (Å²) in [6.45, 7) is 5.67. The standard InChI is InChI=1S/C36H59N/c1-3-5-7-9-11-13-15-17-19-21-27-33-28-22-23-29-34(33)35-30-24-25-31-36(35)37-32-26-20-18-16-14-12-10-8-6-4-2/h22-25,28-31,37H,3-21,26-27,32H2,1-2H3. The van der Waals surface area contributed by atoms with E-state index >= 15 is 0 Å². The van der Waals surface area contributed by atoms with Crippen LogP contribution in [0.25, 0.3) is 11.1 Å². The van der Waals surface area contributed by atoms with Crippen LogP contribution in [0.15, 0.2) is 48.5 Å². The monoisotopic (exact) mass is 505 g/mol. The normalized spacial score (nSPS) is 11.2. The number of nitrogens with one attached hydrogen (secondary N) is 1. The molecule has 0 aliphatic heterocycles. The third-order valence-corrected chi connectivity index (χ3v) is 7.88. The molecule has 0 spiro atoms. The second-order valence-corrected chi connectivity index (χ2v) is 11.2. The molecule has 0 unspecified atom stereocenters. The summed E-state index contributed by atoms with van der Waals surface area (Å²) < 4.78 is 0. The Kier molecular flexibility index (Phi) is 18.9. The third kappa shape index (κ3) is 14.7. The summed E-state index contributed by atoms with van der Waals surface area (Å²) in [6, 6.07) is 18.0. The van der Waals surface area contributed by atoms with Gasteiger partial charge in [-0.25, -0.2) is 0 Å². The Balaban J connectivity index is 1.69. The minimum absolute atomic E-state index is 1.08. The van der Waals surface area contributed by atoms with Crippen LogP contribution in [0.2, 0.25) is 0 Å². The van der Waals surface area contributed by atoms with Crippen molar-refractivity contribution in [3.8, 4) is 11.1 Å². The summed E-state index contributed by atoms with van der Waals surface area (Å²) in [5.41, 5.74) is 5.60. The molecular weight excluding hydrogens is 446 g/mol. The van der Waals surface area contributed by atoms with Gasteiger partial charge in [0.2, 0.25) is 0 Å². The lowest BCUT2D eigenvalue weighted by Crippen LogP contribution is -2.03. The van der Waals surface area contributed by atoms with E-state index in [1.807, 2.05) is 0 Å². The molecule has 0 aromatic heterocycles. The van der Waals surface area contributed by atoms with Crippen LogP contribution in [0.1, 0.15) is 148 Å². The summed E-state index contributed by atoms with van der Waals surface area (Å²) in [6.07, 6.45) is 29.1. The van der Waals surface area contributed by atoms with Gasteiger partial charge >= 0.3 is 0 Å². The molecule has 0 saturated carbocycles. The van der Waals surface area contributed by atoms with E-state index in [9.17, 15) is 0 Å². The van der Waals surface area contributed by atoms with Gasteiger partial charge in [0.15, 0.2) is 0 Å². The van der Waals surface area contributed by atoms with Gasteiger partial charge in [-0.15, -0.1) is 0 Å². The second-order valence-electron chi connectivity index (χ2n) is 11.2. The highest BCUT2D eigenvalue weighted by Crippen LogP contribution is 2.31. The molecule has 0 heterocycles. The van der Waals surface area contributed by atoms with Crippen LogP contribution < -0.4 is 5.32 Å². The number of hydrogen-bond acceptors (Lipinski definition) is 1. The van der Waals surface area contributed by atoms with Crippen molar-refractivity contribution in [1.82, 2.24) is 0 Å². The first-order valence-electron chi connectivity index (χ1n) is 16.3. The molecule has 0 atom stereocenters. The van der Waals surface area contributed by atoms with E-state index in [-0.39, 0.29) is 0 Å². The van der Waals surface area contributed by atoms with Crippen LogP contribution in [0.4, 0.5) is 5.69 Å². The molecule has 2 aromatic rings. The highest BCUT2D eigenvalue weighted by molar-refractivity contribution is 5.79. The highest BCUT2D eigenvalue weighted by Gasteiger charge is 2.09. The molecule has 1 N–H and O–H groups in total. The molecule has 2 aromatic carbocycles. The van der Waals surface area contributed by atoms with E-state index in [0.29, 0.717) is 0 Å². The first-order valence-corrected chi connectivity index (χ1v) is 16.3. The van der Waals surface area contributed by atoms with Gasteiger partial charge in [0, 0.05) is 17.8 Å². The fourth-order valence-electron chi connectivity index (χ4n) is 5.51. The van der Waals surface area contributed by atoms with Gasteiger partial charge in [-0.3, -0.25) is 0 Å². The van der Waals surface area contributed by atoms with E-state index in [1.54, 1.807) is 0 Å². The number of para-hydroxylation sites is 1. The number of benzene rings is 2. The number of hydrogen-bond donors (Lipinski definition) is 1. The zero-order valence-corrected chi connectivity index (χ0v) is 24.7. The molecule has 37 heavy (non-hydrogen) atoms. The maximum atomic E-state index is 3.77. The largest absolute Gasteiger partial charge is 0.385 e. The summed E-state index contributed by atoms with van der Waals surface area (Å²) >= 11 is 0. The lowest BCUT2D eigenvalue weighted by atomic mass is 9.94. The zero-order valence-electron chi connectivity index (χ0n) is 24.7. The van der Waals surface area contributed by atoms with Gasteiger partial charge in [-0.2, -0.15) is 0 Å². The van der Waals surface area contributed by atoms with E-state index in [1.165, 1.54) is 157 Å². The second kappa shape index (κ2) is 22.2. The van der Waals surface area contributed by atoms with Gasteiger partial charge in [0.05, 0.1) is 0 Å². The minimum atomic E-state index is 1.08. The molecule has 0 aliphatic rings. The van der Waals surface area contributed by atoms with Gasteiger partial charge < -0.3 is 5.32 Å². The Labute approximate surface area is 231 Å². The molecule has 0 saturated heterocycles. The Morgan fingerprint density at radius 1 is 0.432 bits per heavy atom. The first-order chi connectivity index (χ1) is 18.4. The van der Waals surface area contributed by atoms with Crippen LogP contribution in [-0.2, 0) is 6.42 Å². The summed E-state index contributed by atoms with van der Waals surface area (Å²) in [5.74, 6) is 0. The van der Waals surface area contributed by atoms with E-state index in [4.69, 9.17) is 0 Å². The van der Waals surface area contributed by atoms with E-state index in [0.717, 1.165) is 6.54 Å². The van der Waals surface area contributed by atoms with Crippen molar-refractivity contribution in [1.29, 1.82) is 0 Å². The van der Waals surface area contributed by atoms with Gasteiger partial charge in [-0.1, -0.05) is 172 Å². The topological polar surface area (TPSA) is 12.0 Å². The first kappa shape index (κ1) is 31.5. The van der Waals surface area contributed by atoms with Crippen molar-refractivity contribution in [3.05, 3.63) is 54.1 Å². The Morgan fingerprint density at radius 2 is 0.865 bits per heavy atom. The molecule has 0 fully saturated rings. The average Bonchev–Trinajstić information content (AvgIpc) is 2.93. The van der Waals surface area contributed by atoms with Crippen molar-refractivity contribution in [2.24, 2.45) is 0 Å². The molecule has 1 heteroatoms. The minimum Gasteiger partial charge on any atom is -0.385 e. The fourth-order valence-corrected chi connectivity index (χ4v) is 5.51. The number of unbranched alkanes of at least 4 members (excludes halogenated alkanes) is 18. The maximum absolute atomic E-state index is 3.77. The molecular formula is C36H59N. The summed E-state index contributed by atoms with van der Waals surface area (Å²) in [4.78, 5) is 0. The predicted octanol–water partition coefficient (Wildman–Crippen LogP) is 12.1. The van der Waals surface area contributed by atoms with Crippen molar-refractivity contribution in [3.63, 3.8) is 0 Å². The Bertz CT molecular complexity index is 780. The quantitative estimate of drug-likeness (QED) is 0.140. The number of rotatable bonds is 24. The lowest BCUT2D eigenvalue weighted by Gasteiger charge is -2.15. The lowest BCUT2D eigenvalue weighted by molar-refractivity contribution is 0.556. The van der Waals surface area contributed by atoms with Crippen LogP contribution in [0.3, 0.4) is 0 Å². The zero-order chi connectivity index (χ0) is 26.2. The van der Waals surface area contributed by atoms with Crippen LogP contribution >= 0.6 is 0 Å². The van der Waals surface area contributed by atoms with Crippen molar-refractivity contribution < 1.29 is 0 Å². The van der Waals surface area contributed by atoms with Crippen molar-refractivity contribution in [2.75, 3.05) is 11.9 Å². The van der Waals surface area contributed by atoms with E-state index in [2.05, 4.69) is 67.7 Å². The highest BCUT2D eigenvalue weighted by atomic mass is 14.9. The maximum Gasteiger partial charge on any atom is 0.0419 e. The molecule has 0 bridgehead atoms. The Morgan fingerprint density at radius 3 is 1.43 bits per heavy atom. The molecule has 1 nitrogen and oxygen atoms in total. The fraction of sp³-hybridized carbons (Fsp3) is 0.667. The van der Waals surface area contributed by atoms with Crippen LogP contribution in [-0.4, -0.2) is 6.54 Å². The molecule has 208 valence electrons. The van der Waals surface area contributed by atoms with E-state index < -0.39 is 0 Å². The smallest absolute Gasteiger partial charge is 0.0419 e. The van der Waals surface area contributed by atoms with Gasteiger partial charge in [0.25, 0.3) is 0 Å². The van der Waals surface area contributed by atoms with Crippen LogP contribution in [0, 0.1) is 0 Å². The van der Waals surface area contributed by atoms with Gasteiger partial charge in [-0.05, 0) is 36.5 Å². The number of anilines is 1. The van der Waals surface area contributed by atoms with Crippen LogP contribution in [0.5, 0.6) is 0 Å². The third-order valence-electron chi connectivity index (χ3n) is 7.88. The molecule has 0 aliphatic carbocycles. The molecule has 2 rings (SSSR count). The number of aryl methyl sites for hydroxylation is 1. The molecule has 0 radical (unpaired) electrons.